The zero-order valence-corrected chi connectivity index (χ0v) is 10.1. The molecule has 0 unspecified atom stereocenters. The lowest BCUT2D eigenvalue weighted by Gasteiger charge is -2.06. The van der Waals surface area contributed by atoms with E-state index in [0.717, 1.165) is 5.56 Å². The van der Waals surface area contributed by atoms with Crippen molar-refractivity contribution in [2.45, 2.75) is 13.5 Å². The van der Waals surface area contributed by atoms with Crippen LogP contribution in [0.15, 0.2) is 23.0 Å². The standard InChI is InChI=1S/C10H9ClN4O3/c1-6-8(15(16)17)9(14-10(11)13-6)12-4-7-2-3-18-5-7/h2-3,5H,4H2,1H3,(H,12,13,14). The van der Waals surface area contributed by atoms with Crippen LogP contribution in [0, 0.1) is 17.0 Å². The van der Waals surface area contributed by atoms with Gasteiger partial charge in [0.05, 0.1) is 17.4 Å². The first-order valence-electron chi connectivity index (χ1n) is 5.01. The van der Waals surface area contributed by atoms with Crippen molar-refractivity contribution in [3.8, 4) is 0 Å². The number of nitro groups is 1. The van der Waals surface area contributed by atoms with E-state index in [4.69, 9.17) is 16.0 Å². The number of hydrogen-bond donors (Lipinski definition) is 1. The highest BCUT2D eigenvalue weighted by molar-refractivity contribution is 6.28. The summed E-state index contributed by atoms with van der Waals surface area (Å²) in [6.07, 6.45) is 3.05. The summed E-state index contributed by atoms with van der Waals surface area (Å²) in [5.74, 6) is 0.0960. The molecule has 2 heterocycles. The normalized spacial score (nSPS) is 10.3. The molecule has 0 saturated carbocycles. The second-order valence-electron chi connectivity index (χ2n) is 3.52. The summed E-state index contributed by atoms with van der Waals surface area (Å²) in [5.41, 5.74) is 0.884. The molecule has 8 heteroatoms. The fourth-order valence-electron chi connectivity index (χ4n) is 1.45. The van der Waals surface area contributed by atoms with Gasteiger partial charge in [0.25, 0.3) is 0 Å². The van der Waals surface area contributed by atoms with Gasteiger partial charge in [-0.2, -0.15) is 4.98 Å². The van der Waals surface area contributed by atoms with E-state index >= 15 is 0 Å². The zero-order chi connectivity index (χ0) is 13.1. The van der Waals surface area contributed by atoms with Gasteiger partial charge in [0.1, 0.15) is 5.69 Å². The summed E-state index contributed by atoms with van der Waals surface area (Å²) in [7, 11) is 0. The number of hydrogen-bond acceptors (Lipinski definition) is 6. The molecule has 0 aliphatic carbocycles. The van der Waals surface area contributed by atoms with E-state index in [1.54, 1.807) is 6.07 Å². The molecular weight excluding hydrogens is 260 g/mol. The third-order valence-electron chi connectivity index (χ3n) is 2.25. The fourth-order valence-corrected chi connectivity index (χ4v) is 1.67. The molecule has 2 aromatic rings. The van der Waals surface area contributed by atoms with Crippen molar-refractivity contribution in [3.05, 3.63) is 45.2 Å². The van der Waals surface area contributed by atoms with Crippen LogP contribution in [-0.2, 0) is 6.54 Å². The van der Waals surface area contributed by atoms with Gasteiger partial charge < -0.3 is 9.73 Å². The molecule has 2 aromatic heterocycles. The number of aromatic nitrogens is 2. The topological polar surface area (TPSA) is 94.1 Å². The van der Waals surface area contributed by atoms with E-state index in [2.05, 4.69) is 15.3 Å². The van der Waals surface area contributed by atoms with Crippen LogP contribution in [0.25, 0.3) is 0 Å². The van der Waals surface area contributed by atoms with Crippen LogP contribution in [0.1, 0.15) is 11.3 Å². The quantitative estimate of drug-likeness (QED) is 0.520. The summed E-state index contributed by atoms with van der Waals surface area (Å²) in [5, 5.41) is 13.7. The van der Waals surface area contributed by atoms with Crippen molar-refractivity contribution in [2.24, 2.45) is 0 Å². The van der Waals surface area contributed by atoms with Crippen LogP contribution in [0.3, 0.4) is 0 Å². The number of aryl methyl sites for hydroxylation is 1. The van der Waals surface area contributed by atoms with Crippen LogP contribution in [0.4, 0.5) is 11.5 Å². The molecular formula is C10H9ClN4O3. The average Bonchev–Trinajstić information content (AvgIpc) is 2.77. The van der Waals surface area contributed by atoms with Gasteiger partial charge in [0.2, 0.25) is 11.1 Å². The Morgan fingerprint density at radius 3 is 2.94 bits per heavy atom. The summed E-state index contributed by atoms with van der Waals surface area (Å²) >= 11 is 5.68. The van der Waals surface area contributed by atoms with Gasteiger partial charge >= 0.3 is 5.69 Å². The van der Waals surface area contributed by atoms with Crippen LogP contribution in [0.2, 0.25) is 5.28 Å². The first kappa shape index (κ1) is 12.3. The molecule has 0 atom stereocenters. The number of nitrogens with zero attached hydrogens (tertiary/aromatic N) is 3. The van der Waals surface area contributed by atoms with E-state index in [-0.39, 0.29) is 22.5 Å². The fraction of sp³-hybridized carbons (Fsp3) is 0.200. The second-order valence-corrected chi connectivity index (χ2v) is 3.86. The number of furan rings is 1. The molecule has 2 rings (SSSR count). The molecule has 0 bridgehead atoms. The Balaban J connectivity index is 2.28. The third-order valence-corrected chi connectivity index (χ3v) is 2.42. The van der Waals surface area contributed by atoms with E-state index in [1.807, 2.05) is 0 Å². The Morgan fingerprint density at radius 2 is 2.33 bits per heavy atom. The van der Waals surface area contributed by atoms with Crippen molar-refractivity contribution in [1.82, 2.24) is 9.97 Å². The predicted molar refractivity (Wildman–Crippen MR) is 64.5 cm³/mol. The Bertz CT molecular complexity index is 571. The van der Waals surface area contributed by atoms with Gasteiger partial charge in [-0.1, -0.05) is 0 Å². The minimum atomic E-state index is -0.538. The molecule has 0 aromatic carbocycles. The van der Waals surface area contributed by atoms with Gasteiger partial charge in [-0.3, -0.25) is 10.1 Å². The minimum Gasteiger partial charge on any atom is -0.472 e. The van der Waals surface area contributed by atoms with Crippen molar-refractivity contribution < 1.29 is 9.34 Å². The molecule has 0 saturated heterocycles. The largest absolute Gasteiger partial charge is 0.472 e. The summed E-state index contributed by atoms with van der Waals surface area (Å²) in [6, 6.07) is 1.74. The van der Waals surface area contributed by atoms with Crippen molar-refractivity contribution >= 4 is 23.1 Å². The molecule has 1 N–H and O–H groups in total. The van der Waals surface area contributed by atoms with Gasteiger partial charge in [-0.15, -0.1) is 0 Å². The Hall–Kier alpha value is -2.15. The van der Waals surface area contributed by atoms with Crippen LogP contribution in [0.5, 0.6) is 0 Å². The van der Waals surface area contributed by atoms with E-state index in [1.165, 1.54) is 19.5 Å². The lowest BCUT2D eigenvalue weighted by molar-refractivity contribution is -0.385. The molecule has 0 fully saturated rings. The van der Waals surface area contributed by atoms with Gasteiger partial charge in [0, 0.05) is 12.1 Å². The van der Waals surface area contributed by atoms with E-state index in [9.17, 15) is 10.1 Å². The van der Waals surface area contributed by atoms with Crippen LogP contribution in [-0.4, -0.2) is 14.9 Å². The Labute approximate surface area is 107 Å². The zero-order valence-electron chi connectivity index (χ0n) is 9.38. The lowest BCUT2D eigenvalue weighted by atomic mass is 10.3. The SMILES string of the molecule is Cc1nc(Cl)nc(NCc2ccoc2)c1[N+](=O)[O-]. The van der Waals surface area contributed by atoms with Gasteiger partial charge in [0.15, 0.2) is 0 Å². The molecule has 7 nitrogen and oxygen atoms in total. The average molecular weight is 269 g/mol. The molecule has 94 valence electrons. The van der Waals surface area contributed by atoms with Crippen molar-refractivity contribution in [1.29, 1.82) is 0 Å². The highest BCUT2D eigenvalue weighted by atomic mass is 35.5. The number of nitrogens with one attached hydrogen (secondary N) is 1. The smallest absolute Gasteiger partial charge is 0.332 e. The Morgan fingerprint density at radius 1 is 1.56 bits per heavy atom. The minimum absolute atomic E-state index is 0.0345. The van der Waals surface area contributed by atoms with E-state index < -0.39 is 4.92 Å². The number of halogens is 1. The van der Waals surface area contributed by atoms with Crippen LogP contribution < -0.4 is 5.32 Å². The second kappa shape index (κ2) is 5.01. The van der Waals surface area contributed by atoms with Crippen molar-refractivity contribution in [3.63, 3.8) is 0 Å². The molecule has 0 spiro atoms. The van der Waals surface area contributed by atoms with Gasteiger partial charge in [-0.25, -0.2) is 4.98 Å². The summed E-state index contributed by atoms with van der Waals surface area (Å²) < 4.78 is 4.90. The molecule has 18 heavy (non-hydrogen) atoms. The number of rotatable bonds is 4. The number of anilines is 1. The van der Waals surface area contributed by atoms with Crippen molar-refractivity contribution in [2.75, 3.05) is 5.32 Å². The molecule has 0 amide bonds. The third kappa shape index (κ3) is 2.57. The van der Waals surface area contributed by atoms with Gasteiger partial charge in [-0.05, 0) is 24.6 Å². The summed E-state index contributed by atoms with van der Waals surface area (Å²) in [6.45, 7) is 1.86. The summed E-state index contributed by atoms with van der Waals surface area (Å²) in [4.78, 5) is 18.0. The molecule has 0 radical (unpaired) electrons. The van der Waals surface area contributed by atoms with Crippen LogP contribution >= 0.6 is 11.6 Å². The lowest BCUT2D eigenvalue weighted by Crippen LogP contribution is -2.07. The maximum Gasteiger partial charge on any atom is 0.332 e. The maximum atomic E-state index is 10.9. The molecule has 0 aliphatic heterocycles. The first-order valence-corrected chi connectivity index (χ1v) is 5.39. The van der Waals surface area contributed by atoms with E-state index in [0.29, 0.717) is 6.54 Å². The molecule has 0 aliphatic rings. The predicted octanol–water partition coefficient (Wildman–Crippen LogP) is 2.55. The Kier molecular flexibility index (Phi) is 3.42. The highest BCUT2D eigenvalue weighted by Gasteiger charge is 2.21. The highest BCUT2D eigenvalue weighted by Crippen LogP contribution is 2.26. The maximum absolute atomic E-state index is 10.9. The monoisotopic (exact) mass is 268 g/mol. The first-order chi connectivity index (χ1) is 8.58.